The molecule has 1 aromatic rings. The molecule has 1 unspecified atom stereocenters. The molecule has 0 bridgehead atoms. The third kappa shape index (κ3) is 2.53. The summed E-state index contributed by atoms with van der Waals surface area (Å²) in [6.07, 6.45) is 0. The van der Waals surface area contributed by atoms with Gasteiger partial charge in [0.2, 0.25) is 0 Å². The Morgan fingerprint density at radius 3 is 2.94 bits per heavy atom. The number of hydrogen-bond donors (Lipinski definition) is 2. The molecule has 1 atom stereocenters. The molecule has 0 aromatic carbocycles. The third-order valence-corrected chi connectivity index (χ3v) is 3.23. The lowest BCUT2D eigenvalue weighted by Crippen LogP contribution is -2.50. The van der Waals surface area contributed by atoms with Gasteiger partial charge in [-0.3, -0.25) is 0 Å². The Balaban J connectivity index is 2.23. The van der Waals surface area contributed by atoms with Crippen LogP contribution in [-0.2, 0) is 0 Å². The van der Waals surface area contributed by atoms with Crippen molar-refractivity contribution in [3.05, 3.63) is 23.9 Å². The molecular weight excluding hydrogens is 230 g/mol. The number of rotatable bonds is 2. The van der Waals surface area contributed by atoms with E-state index < -0.39 is 0 Å². The van der Waals surface area contributed by atoms with Gasteiger partial charge in [0.1, 0.15) is 11.5 Å². The van der Waals surface area contributed by atoms with Crippen LogP contribution < -0.4 is 10.6 Å². The van der Waals surface area contributed by atoms with Crippen LogP contribution in [0.5, 0.6) is 0 Å². The second kappa shape index (κ2) is 5.22. The summed E-state index contributed by atoms with van der Waals surface area (Å²) in [4.78, 5) is 8.98. The monoisotopic (exact) mass is 249 g/mol. The van der Waals surface area contributed by atoms with Crippen LogP contribution in [0.2, 0.25) is 0 Å². The molecular formula is C12H19N5O. The lowest BCUT2D eigenvalue weighted by molar-refractivity contribution is 0.274. The summed E-state index contributed by atoms with van der Waals surface area (Å²) < 4.78 is 0. The van der Waals surface area contributed by atoms with E-state index >= 15 is 0 Å². The van der Waals surface area contributed by atoms with Crippen LogP contribution in [0.3, 0.4) is 0 Å². The number of nitrogens with zero attached hydrogens (tertiary/aromatic N) is 4. The summed E-state index contributed by atoms with van der Waals surface area (Å²) in [6, 6.07) is 5.97. The van der Waals surface area contributed by atoms with Crippen LogP contribution >= 0.6 is 0 Å². The molecule has 18 heavy (non-hydrogen) atoms. The first-order valence-corrected chi connectivity index (χ1v) is 6.02. The van der Waals surface area contributed by atoms with Gasteiger partial charge in [-0.25, -0.2) is 4.98 Å². The average Bonchev–Trinajstić information content (AvgIpc) is 2.38. The fraction of sp³-hybridized carbons (Fsp3) is 0.500. The van der Waals surface area contributed by atoms with E-state index in [4.69, 9.17) is 10.9 Å². The normalized spacial score (nSPS) is 22.2. The lowest BCUT2D eigenvalue weighted by atomic mass is 10.2. The minimum Gasteiger partial charge on any atom is -0.409 e. The first kappa shape index (κ1) is 12.6. The number of nitrogens with two attached hydrogens (primary N) is 1. The molecule has 0 radical (unpaired) electrons. The molecule has 2 rings (SSSR count). The van der Waals surface area contributed by atoms with E-state index in [9.17, 15) is 0 Å². The molecule has 1 saturated heterocycles. The Morgan fingerprint density at radius 2 is 2.28 bits per heavy atom. The number of likely N-dealkylation sites (N-methyl/N-ethyl adjacent to an activating group) is 1. The molecule has 0 amide bonds. The quantitative estimate of drug-likeness (QED) is 0.341. The van der Waals surface area contributed by atoms with Crippen molar-refractivity contribution in [2.24, 2.45) is 10.9 Å². The van der Waals surface area contributed by atoms with Crippen molar-refractivity contribution in [2.75, 3.05) is 31.6 Å². The first-order valence-electron chi connectivity index (χ1n) is 6.02. The highest BCUT2D eigenvalue weighted by molar-refractivity contribution is 5.95. The minimum atomic E-state index is 0.0404. The molecule has 1 aliphatic heterocycles. The number of anilines is 1. The molecule has 1 aromatic heterocycles. The van der Waals surface area contributed by atoms with Crippen molar-refractivity contribution >= 4 is 11.7 Å². The summed E-state index contributed by atoms with van der Waals surface area (Å²) in [7, 11) is 2.12. The Hall–Kier alpha value is -1.82. The van der Waals surface area contributed by atoms with Gasteiger partial charge in [-0.2, -0.15) is 0 Å². The second-order valence-corrected chi connectivity index (χ2v) is 4.67. The topological polar surface area (TPSA) is 78.0 Å². The molecule has 0 saturated carbocycles. The van der Waals surface area contributed by atoms with Crippen molar-refractivity contribution < 1.29 is 5.21 Å². The average molecular weight is 249 g/mol. The maximum atomic E-state index is 8.68. The van der Waals surface area contributed by atoms with E-state index in [2.05, 4.69) is 33.9 Å². The maximum Gasteiger partial charge on any atom is 0.188 e. The van der Waals surface area contributed by atoms with Crippen molar-refractivity contribution in [1.82, 2.24) is 9.88 Å². The van der Waals surface area contributed by atoms with E-state index in [1.165, 1.54) is 0 Å². The number of aromatic nitrogens is 1. The molecule has 3 N–H and O–H groups in total. The number of amidine groups is 1. The van der Waals surface area contributed by atoms with Gasteiger partial charge >= 0.3 is 0 Å². The molecule has 6 nitrogen and oxygen atoms in total. The van der Waals surface area contributed by atoms with Gasteiger partial charge in [-0.1, -0.05) is 11.2 Å². The maximum absolute atomic E-state index is 8.68. The Labute approximate surface area is 107 Å². The summed E-state index contributed by atoms with van der Waals surface area (Å²) >= 11 is 0. The number of pyridine rings is 1. The first-order chi connectivity index (χ1) is 8.61. The lowest BCUT2D eigenvalue weighted by Gasteiger charge is -2.39. The van der Waals surface area contributed by atoms with Crippen LogP contribution in [0.25, 0.3) is 0 Å². The van der Waals surface area contributed by atoms with E-state index in [-0.39, 0.29) is 5.84 Å². The zero-order chi connectivity index (χ0) is 13.1. The Morgan fingerprint density at radius 1 is 1.50 bits per heavy atom. The highest BCUT2D eigenvalue weighted by Crippen LogP contribution is 2.18. The summed E-state index contributed by atoms with van der Waals surface area (Å²) in [5, 5.41) is 11.7. The second-order valence-electron chi connectivity index (χ2n) is 4.67. The predicted octanol–water partition coefficient (Wildman–Crippen LogP) is 0.316. The van der Waals surface area contributed by atoms with Gasteiger partial charge < -0.3 is 20.7 Å². The smallest absolute Gasteiger partial charge is 0.188 e. The Kier molecular flexibility index (Phi) is 3.66. The SMILES string of the molecule is CC1CN(C)CCN1c1cccc(/C(N)=N/O)n1. The van der Waals surface area contributed by atoms with Gasteiger partial charge in [-0.05, 0) is 26.1 Å². The van der Waals surface area contributed by atoms with Gasteiger partial charge in [0.25, 0.3) is 0 Å². The van der Waals surface area contributed by atoms with Crippen LogP contribution in [0.4, 0.5) is 5.82 Å². The fourth-order valence-electron chi connectivity index (χ4n) is 2.26. The highest BCUT2D eigenvalue weighted by Gasteiger charge is 2.22. The molecule has 6 heteroatoms. The minimum absolute atomic E-state index is 0.0404. The zero-order valence-corrected chi connectivity index (χ0v) is 10.7. The van der Waals surface area contributed by atoms with Crippen molar-refractivity contribution in [1.29, 1.82) is 0 Å². The van der Waals surface area contributed by atoms with Crippen molar-refractivity contribution in [3.63, 3.8) is 0 Å². The number of piperazine rings is 1. The van der Waals surface area contributed by atoms with Gasteiger partial charge in [0, 0.05) is 25.7 Å². The molecule has 2 heterocycles. The molecule has 98 valence electrons. The van der Waals surface area contributed by atoms with Gasteiger partial charge in [-0.15, -0.1) is 0 Å². The largest absolute Gasteiger partial charge is 0.409 e. The van der Waals surface area contributed by atoms with Crippen LogP contribution in [0.15, 0.2) is 23.4 Å². The summed E-state index contributed by atoms with van der Waals surface area (Å²) in [6.45, 7) is 5.13. The Bertz CT molecular complexity index is 448. The zero-order valence-electron chi connectivity index (χ0n) is 10.7. The molecule has 1 fully saturated rings. The van der Waals surface area contributed by atoms with Gasteiger partial charge in [0.15, 0.2) is 5.84 Å². The van der Waals surface area contributed by atoms with Crippen LogP contribution in [0.1, 0.15) is 12.6 Å². The van der Waals surface area contributed by atoms with Crippen LogP contribution in [-0.4, -0.2) is 53.7 Å². The van der Waals surface area contributed by atoms with E-state index in [1.807, 2.05) is 12.1 Å². The van der Waals surface area contributed by atoms with Gasteiger partial charge in [0.05, 0.1) is 0 Å². The van der Waals surface area contributed by atoms with Crippen molar-refractivity contribution in [2.45, 2.75) is 13.0 Å². The number of hydrogen-bond acceptors (Lipinski definition) is 5. The van der Waals surface area contributed by atoms with Crippen LogP contribution in [0, 0.1) is 0 Å². The molecule has 1 aliphatic rings. The molecule has 0 aliphatic carbocycles. The summed E-state index contributed by atoms with van der Waals surface area (Å²) in [5.41, 5.74) is 6.06. The number of oxime groups is 1. The van der Waals surface area contributed by atoms with E-state index in [1.54, 1.807) is 6.07 Å². The van der Waals surface area contributed by atoms with Crippen molar-refractivity contribution in [3.8, 4) is 0 Å². The van der Waals surface area contributed by atoms with E-state index in [0.717, 1.165) is 25.5 Å². The summed E-state index contributed by atoms with van der Waals surface area (Å²) in [5.74, 6) is 0.915. The predicted molar refractivity (Wildman–Crippen MR) is 71.1 cm³/mol. The van der Waals surface area contributed by atoms with E-state index in [0.29, 0.717) is 11.7 Å². The fourth-order valence-corrected chi connectivity index (χ4v) is 2.26. The molecule has 0 spiro atoms. The third-order valence-electron chi connectivity index (χ3n) is 3.23. The standard InChI is InChI=1S/C12H19N5O/c1-9-8-16(2)6-7-17(9)11-5-3-4-10(14-11)12(13)15-18/h3-5,9,18H,6-8H2,1-2H3,(H2,13,15). The highest BCUT2D eigenvalue weighted by atomic mass is 16.4.